The van der Waals surface area contributed by atoms with Crippen LogP contribution in [0.5, 0.6) is 5.75 Å². The predicted molar refractivity (Wildman–Crippen MR) is 113 cm³/mol. The average Bonchev–Trinajstić information content (AvgIpc) is 3.17. The van der Waals surface area contributed by atoms with Crippen LogP contribution in [0, 0.1) is 11.3 Å². The van der Waals surface area contributed by atoms with Crippen molar-refractivity contribution in [3.8, 4) is 23.1 Å². The summed E-state index contributed by atoms with van der Waals surface area (Å²) in [6.45, 7) is 0.757. The van der Waals surface area contributed by atoms with Crippen LogP contribution in [0.1, 0.15) is 31.1 Å². The molecule has 1 saturated heterocycles. The number of rotatable bonds is 3. The third kappa shape index (κ3) is 3.12. The first-order valence-corrected chi connectivity index (χ1v) is 9.89. The smallest absolute Gasteiger partial charge is 0.150 e. The molecule has 0 aliphatic carbocycles. The van der Waals surface area contributed by atoms with Gasteiger partial charge in [-0.1, -0.05) is 18.2 Å². The molecule has 1 aromatic heterocycles. The summed E-state index contributed by atoms with van der Waals surface area (Å²) in [5.41, 5.74) is 3.51. The molecule has 0 amide bonds. The van der Waals surface area contributed by atoms with Crippen molar-refractivity contribution in [2.75, 3.05) is 13.7 Å². The van der Waals surface area contributed by atoms with E-state index in [-0.39, 0.29) is 6.23 Å². The highest BCUT2D eigenvalue weighted by Gasteiger charge is 2.22. The van der Waals surface area contributed by atoms with Crippen LogP contribution in [0.3, 0.4) is 0 Å². The van der Waals surface area contributed by atoms with Gasteiger partial charge in [0.15, 0.2) is 6.23 Å². The molecule has 1 aliphatic rings. The molecular formula is C24H21N3O2. The first-order valence-electron chi connectivity index (χ1n) is 9.89. The zero-order valence-electron chi connectivity index (χ0n) is 16.3. The summed E-state index contributed by atoms with van der Waals surface area (Å²) in [4.78, 5) is 0. The van der Waals surface area contributed by atoms with E-state index in [9.17, 15) is 5.26 Å². The summed E-state index contributed by atoms with van der Waals surface area (Å²) < 4.78 is 13.4. The monoisotopic (exact) mass is 383 g/mol. The van der Waals surface area contributed by atoms with Gasteiger partial charge in [0.1, 0.15) is 11.4 Å². The van der Waals surface area contributed by atoms with Gasteiger partial charge in [0, 0.05) is 17.6 Å². The van der Waals surface area contributed by atoms with Gasteiger partial charge in [-0.25, -0.2) is 4.68 Å². The van der Waals surface area contributed by atoms with E-state index >= 15 is 0 Å². The van der Waals surface area contributed by atoms with Crippen molar-refractivity contribution >= 4 is 21.7 Å². The molecule has 0 N–H and O–H groups in total. The Balaban J connectivity index is 1.71. The van der Waals surface area contributed by atoms with Crippen molar-refractivity contribution in [2.45, 2.75) is 25.5 Å². The van der Waals surface area contributed by atoms with Gasteiger partial charge in [-0.2, -0.15) is 10.4 Å². The molecule has 0 saturated carbocycles. The minimum Gasteiger partial charge on any atom is -0.497 e. The first kappa shape index (κ1) is 17.7. The molecule has 29 heavy (non-hydrogen) atoms. The summed E-state index contributed by atoms with van der Waals surface area (Å²) in [6, 6.07) is 20.4. The molecule has 0 spiro atoms. The summed E-state index contributed by atoms with van der Waals surface area (Å²) in [5.74, 6) is 0.826. The lowest BCUT2D eigenvalue weighted by Gasteiger charge is -2.23. The molecule has 1 atom stereocenters. The molecule has 1 aliphatic heterocycles. The highest BCUT2D eigenvalue weighted by atomic mass is 16.5. The van der Waals surface area contributed by atoms with E-state index in [1.165, 1.54) is 0 Å². The molecule has 5 rings (SSSR count). The SMILES string of the molecule is COc1ccc2ccc(-c3nn(C4CCCCO4)c4ccc(C#N)cc34)cc2c1. The molecule has 4 aromatic rings. The molecule has 1 unspecified atom stereocenters. The number of methoxy groups -OCH3 is 1. The number of fused-ring (bicyclic) bond motifs is 2. The van der Waals surface area contributed by atoms with Gasteiger partial charge >= 0.3 is 0 Å². The van der Waals surface area contributed by atoms with Crippen LogP contribution in [0.2, 0.25) is 0 Å². The Labute approximate surface area is 169 Å². The lowest BCUT2D eigenvalue weighted by atomic mass is 10.0. The lowest BCUT2D eigenvalue weighted by molar-refractivity contribution is -0.0365. The van der Waals surface area contributed by atoms with Crippen molar-refractivity contribution in [3.63, 3.8) is 0 Å². The molecule has 0 bridgehead atoms. The van der Waals surface area contributed by atoms with Crippen LogP contribution in [0.25, 0.3) is 32.9 Å². The van der Waals surface area contributed by atoms with Crippen LogP contribution >= 0.6 is 0 Å². The van der Waals surface area contributed by atoms with Gasteiger partial charge in [-0.3, -0.25) is 0 Å². The molecule has 3 aromatic carbocycles. The Kier molecular flexibility index (Phi) is 4.42. The van der Waals surface area contributed by atoms with Gasteiger partial charge in [-0.15, -0.1) is 0 Å². The molecule has 5 nitrogen and oxygen atoms in total. The fourth-order valence-corrected chi connectivity index (χ4v) is 4.06. The third-order valence-electron chi connectivity index (χ3n) is 5.58. The Hall–Kier alpha value is -3.36. The molecular weight excluding hydrogens is 362 g/mol. The quantitative estimate of drug-likeness (QED) is 0.473. The number of ether oxygens (including phenoxy) is 2. The van der Waals surface area contributed by atoms with Gasteiger partial charge in [-0.05, 0) is 66.4 Å². The number of aromatic nitrogens is 2. The zero-order valence-corrected chi connectivity index (χ0v) is 16.3. The van der Waals surface area contributed by atoms with Crippen LogP contribution in [0.15, 0.2) is 54.6 Å². The Morgan fingerprint density at radius 3 is 2.76 bits per heavy atom. The van der Waals surface area contributed by atoms with Crippen molar-refractivity contribution in [1.82, 2.24) is 9.78 Å². The summed E-state index contributed by atoms with van der Waals surface area (Å²) in [5, 5.41) is 17.6. The maximum absolute atomic E-state index is 9.40. The van der Waals surface area contributed by atoms with Crippen molar-refractivity contribution in [2.24, 2.45) is 0 Å². The molecule has 0 radical (unpaired) electrons. The van der Waals surface area contributed by atoms with E-state index in [0.29, 0.717) is 5.56 Å². The van der Waals surface area contributed by atoms with E-state index in [0.717, 1.165) is 64.6 Å². The normalized spacial score (nSPS) is 16.8. The van der Waals surface area contributed by atoms with Crippen molar-refractivity contribution < 1.29 is 9.47 Å². The second-order valence-corrected chi connectivity index (χ2v) is 7.39. The third-order valence-corrected chi connectivity index (χ3v) is 5.58. The molecule has 2 heterocycles. The number of nitrogens with zero attached hydrogens (tertiary/aromatic N) is 3. The Morgan fingerprint density at radius 1 is 1.07 bits per heavy atom. The zero-order chi connectivity index (χ0) is 19.8. The second-order valence-electron chi connectivity index (χ2n) is 7.39. The van der Waals surface area contributed by atoms with Crippen LogP contribution in [-0.4, -0.2) is 23.5 Å². The molecule has 144 valence electrons. The number of nitriles is 1. The van der Waals surface area contributed by atoms with Crippen LogP contribution in [-0.2, 0) is 4.74 Å². The van der Waals surface area contributed by atoms with E-state index in [2.05, 4.69) is 30.3 Å². The average molecular weight is 383 g/mol. The van der Waals surface area contributed by atoms with Gasteiger partial charge < -0.3 is 9.47 Å². The minimum absolute atomic E-state index is 0.0616. The summed E-state index contributed by atoms with van der Waals surface area (Å²) in [7, 11) is 1.67. The minimum atomic E-state index is -0.0616. The topological polar surface area (TPSA) is 60.1 Å². The molecule has 1 fully saturated rings. The van der Waals surface area contributed by atoms with Crippen LogP contribution in [0.4, 0.5) is 0 Å². The predicted octanol–water partition coefficient (Wildman–Crippen LogP) is 5.44. The number of hydrogen-bond donors (Lipinski definition) is 0. The van der Waals surface area contributed by atoms with E-state index in [4.69, 9.17) is 14.6 Å². The Morgan fingerprint density at radius 2 is 1.97 bits per heavy atom. The highest BCUT2D eigenvalue weighted by molar-refractivity contribution is 5.97. The first-order chi connectivity index (χ1) is 14.3. The summed E-state index contributed by atoms with van der Waals surface area (Å²) >= 11 is 0. The maximum Gasteiger partial charge on any atom is 0.150 e. The maximum atomic E-state index is 9.40. The summed E-state index contributed by atoms with van der Waals surface area (Å²) in [6.07, 6.45) is 3.11. The van der Waals surface area contributed by atoms with E-state index < -0.39 is 0 Å². The van der Waals surface area contributed by atoms with Gasteiger partial charge in [0.2, 0.25) is 0 Å². The fourth-order valence-electron chi connectivity index (χ4n) is 4.06. The van der Waals surface area contributed by atoms with Gasteiger partial charge in [0.05, 0.1) is 24.3 Å². The molecule has 5 heteroatoms. The van der Waals surface area contributed by atoms with E-state index in [1.54, 1.807) is 7.11 Å². The van der Waals surface area contributed by atoms with Gasteiger partial charge in [0.25, 0.3) is 0 Å². The van der Waals surface area contributed by atoms with Crippen molar-refractivity contribution in [1.29, 1.82) is 5.26 Å². The lowest BCUT2D eigenvalue weighted by Crippen LogP contribution is -2.19. The largest absolute Gasteiger partial charge is 0.497 e. The van der Waals surface area contributed by atoms with E-state index in [1.807, 2.05) is 35.0 Å². The standard InChI is InChI=1S/C24H21N3O2/c1-28-20-9-8-17-6-7-18(13-19(17)14-20)24-21-12-16(15-25)5-10-22(21)27(26-24)23-4-2-3-11-29-23/h5-10,12-14,23H,2-4,11H2,1H3. The fraction of sp³-hybridized carbons (Fsp3) is 0.250. The highest BCUT2D eigenvalue weighted by Crippen LogP contribution is 2.35. The Bertz CT molecular complexity index is 1250. The number of benzene rings is 3. The van der Waals surface area contributed by atoms with Crippen molar-refractivity contribution in [3.05, 3.63) is 60.2 Å². The second kappa shape index (κ2) is 7.23. The number of hydrogen-bond acceptors (Lipinski definition) is 4. The van der Waals surface area contributed by atoms with Crippen LogP contribution < -0.4 is 4.74 Å².